The number of carbonyl (C=O) groups excluding carboxylic acids is 1. The molecule has 1 saturated heterocycles. The summed E-state index contributed by atoms with van der Waals surface area (Å²) in [7, 11) is 0. The molecule has 3 heterocycles. The predicted molar refractivity (Wildman–Crippen MR) is 117 cm³/mol. The summed E-state index contributed by atoms with van der Waals surface area (Å²) in [5, 5.41) is 3.97. The molecule has 1 aliphatic heterocycles. The van der Waals surface area contributed by atoms with Crippen molar-refractivity contribution in [2.24, 2.45) is 0 Å². The van der Waals surface area contributed by atoms with Gasteiger partial charge in [-0.3, -0.25) is 4.79 Å². The van der Waals surface area contributed by atoms with Gasteiger partial charge >= 0.3 is 0 Å². The zero-order chi connectivity index (χ0) is 23.5. The average molecular weight is 465 g/mol. The van der Waals surface area contributed by atoms with Gasteiger partial charge in [-0.2, -0.15) is 4.98 Å². The molecule has 5 rings (SSSR count). The van der Waals surface area contributed by atoms with Crippen LogP contribution in [0, 0.1) is 11.6 Å². The van der Waals surface area contributed by atoms with Crippen LogP contribution in [0.2, 0.25) is 0 Å². The Bertz CT molecular complexity index is 1290. The monoisotopic (exact) mass is 465 g/mol. The van der Waals surface area contributed by atoms with Gasteiger partial charge in [0.15, 0.2) is 5.76 Å². The van der Waals surface area contributed by atoms with E-state index in [0.29, 0.717) is 41.9 Å². The second-order valence-corrected chi connectivity index (χ2v) is 8.07. The predicted octanol–water partition coefficient (Wildman–Crippen LogP) is 5.21. The van der Waals surface area contributed by atoms with Crippen molar-refractivity contribution in [2.75, 3.05) is 13.1 Å². The number of carbonyl (C=O) groups is 1. The van der Waals surface area contributed by atoms with Gasteiger partial charge in [-0.25, -0.2) is 8.78 Å². The summed E-state index contributed by atoms with van der Waals surface area (Å²) >= 11 is 0. The molecule has 1 fully saturated rings. The summed E-state index contributed by atoms with van der Waals surface area (Å²) in [6.07, 6.45) is 1.57. The van der Waals surface area contributed by atoms with Crippen LogP contribution in [0.1, 0.15) is 41.0 Å². The standard InChI is InChI=1S/C25H21F2N3O4/c26-18-6-8-20(9-7-18)32-15-21-10-11-22(33-21)25(31)30-12-2-4-17(14-30)24-28-23(29-34-24)16-3-1-5-19(27)13-16/h1,3,5-11,13,17H,2,4,12,14-15H2. The van der Waals surface area contributed by atoms with Crippen molar-refractivity contribution in [1.29, 1.82) is 0 Å². The summed E-state index contributed by atoms with van der Waals surface area (Å²) in [6, 6.07) is 15.0. The van der Waals surface area contributed by atoms with Crippen molar-refractivity contribution >= 4 is 5.91 Å². The van der Waals surface area contributed by atoms with Crippen LogP contribution in [0.5, 0.6) is 5.75 Å². The Kier molecular flexibility index (Phi) is 6.07. The SMILES string of the molecule is O=C(c1ccc(COc2ccc(F)cc2)o1)N1CCCC(c2nc(-c3cccc(F)c3)no2)C1. The number of likely N-dealkylation sites (tertiary alicyclic amines) is 1. The zero-order valence-electron chi connectivity index (χ0n) is 18.1. The highest BCUT2D eigenvalue weighted by Crippen LogP contribution is 2.29. The van der Waals surface area contributed by atoms with E-state index < -0.39 is 0 Å². The Balaban J connectivity index is 1.22. The van der Waals surface area contributed by atoms with Gasteiger partial charge < -0.3 is 18.6 Å². The number of amides is 1. The largest absolute Gasteiger partial charge is 0.486 e. The number of rotatable bonds is 6. The van der Waals surface area contributed by atoms with E-state index in [2.05, 4.69) is 10.1 Å². The highest BCUT2D eigenvalue weighted by atomic mass is 19.1. The molecule has 1 unspecified atom stereocenters. The number of aromatic nitrogens is 2. The summed E-state index contributed by atoms with van der Waals surface area (Å²) in [5.74, 6) is 0.859. The van der Waals surface area contributed by atoms with Crippen molar-refractivity contribution in [3.63, 3.8) is 0 Å². The highest BCUT2D eigenvalue weighted by Gasteiger charge is 2.30. The van der Waals surface area contributed by atoms with Gasteiger partial charge in [-0.15, -0.1) is 0 Å². The summed E-state index contributed by atoms with van der Waals surface area (Å²) in [5.41, 5.74) is 0.532. The highest BCUT2D eigenvalue weighted by molar-refractivity contribution is 5.91. The number of halogens is 2. The number of hydrogen-bond donors (Lipinski definition) is 0. The van der Waals surface area contributed by atoms with E-state index in [0.717, 1.165) is 12.8 Å². The molecular weight excluding hydrogens is 444 g/mol. The van der Waals surface area contributed by atoms with Crippen LogP contribution in [0.4, 0.5) is 8.78 Å². The Hall–Kier alpha value is -4.01. The van der Waals surface area contributed by atoms with Crippen LogP contribution in [-0.4, -0.2) is 34.0 Å². The fourth-order valence-electron chi connectivity index (χ4n) is 3.92. The second-order valence-electron chi connectivity index (χ2n) is 8.07. The molecule has 34 heavy (non-hydrogen) atoms. The summed E-state index contributed by atoms with van der Waals surface area (Å²) in [6.45, 7) is 1.11. The first-order valence-corrected chi connectivity index (χ1v) is 10.9. The lowest BCUT2D eigenvalue weighted by atomic mass is 9.97. The van der Waals surface area contributed by atoms with E-state index in [1.807, 2.05) is 0 Å². The third kappa shape index (κ3) is 4.83. The lowest BCUT2D eigenvalue weighted by Crippen LogP contribution is -2.39. The normalized spacial score (nSPS) is 15.9. The molecule has 1 amide bonds. The molecule has 174 valence electrons. The summed E-state index contributed by atoms with van der Waals surface area (Å²) in [4.78, 5) is 19.1. The van der Waals surface area contributed by atoms with Gasteiger partial charge in [0.2, 0.25) is 11.7 Å². The van der Waals surface area contributed by atoms with Crippen LogP contribution in [0.15, 0.2) is 69.6 Å². The molecule has 2 aromatic heterocycles. The minimum atomic E-state index is -0.376. The van der Waals surface area contributed by atoms with E-state index in [9.17, 15) is 13.6 Å². The molecule has 0 aliphatic carbocycles. The quantitative estimate of drug-likeness (QED) is 0.389. The van der Waals surface area contributed by atoms with Crippen molar-refractivity contribution in [2.45, 2.75) is 25.4 Å². The smallest absolute Gasteiger partial charge is 0.289 e. The molecule has 7 nitrogen and oxygen atoms in total. The Labute approximate surface area is 193 Å². The van der Waals surface area contributed by atoms with Crippen molar-refractivity contribution in [3.8, 4) is 17.1 Å². The molecule has 1 atom stereocenters. The van der Waals surface area contributed by atoms with Gasteiger partial charge in [-0.1, -0.05) is 17.3 Å². The average Bonchev–Trinajstić information content (AvgIpc) is 3.54. The molecule has 0 saturated carbocycles. The van der Waals surface area contributed by atoms with E-state index in [-0.39, 0.29) is 35.8 Å². The molecule has 4 aromatic rings. The minimum absolute atomic E-state index is 0.117. The van der Waals surface area contributed by atoms with E-state index in [1.54, 1.807) is 29.2 Å². The Morgan fingerprint density at radius 3 is 2.76 bits per heavy atom. The number of nitrogens with zero attached hydrogens (tertiary/aromatic N) is 3. The minimum Gasteiger partial charge on any atom is -0.486 e. The first kappa shape index (κ1) is 21.8. The van der Waals surface area contributed by atoms with Crippen molar-refractivity contribution in [1.82, 2.24) is 15.0 Å². The molecule has 0 radical (unpaired) electrons. The van der Waals surface area contributed by atoms with Gasteiger partial charge in [0.05, 0.1) is 5.92 Å². The van der Waals surface area contributed by atoms with E-state index in [4.69, 9.17) is 13.7 Å². The zero-order valence-corrected chi connectivity index (χ0v) is 18.1. The third-order valence-corrected chi connectivity index (χ3v) is 5.65. The molecule has 9 heteroatoms. The fourth-order valence-corrected chi connectivity index (χ4v) is 3.92. The third-order valence-electron chi connectivity index (χ3n) is 5.65. The second kappa shape index (κ2) is 9.46. The van der Waals surface area contributed by atoms with Gasteiger partial charge in [-0.05, 0) is 61.4 Å². The number of furan rings is 1. The Morgan fingerprint density at radius 2 is 1.94 bits per heavy atom. The molecular formula is C25H21F2N3O4. The van der Waals surface area contributed by atoms with Crippen LogP contribution < -0.4 is 4.74 Å². The molecule has 0 N–H and O–H groups in total. The van der Waals surface area contributed by atoms with Crippen LogP contribution >= 0.6 is 0 Å². The molecule has 1 aliphatic rings. The maximum Gasteiger partial charge on any atom is 0.289 e. The van der Waals surface area contributed by atoms with Gasteiger partial charge in [0.25, 0.3) is 5.91 Å². The first-order chi connectivity index (χ1) is 16.5. The lowest BCUT2D eigenvalue weighted by molar-refractivity contribution is 0.0659. The van der Waals surface area contributed by atoms with E-state index in [1.165, 1.54) is 36.4 Å². The number of ether oxygens (including phenoxy) is 1. The molecule has 0 bridgehead atoms. The lowest BCUT2D eigenvalue weighted by Gasteiger charge is -2.30. The van der Waals surface area contributed by atoms with Crippen LogP contribution in [0.25, 0.3) is 11.4 Å². The van der Waals surface area contributed by atoms with Gasteiger partial charge in [0.1, 0.15) is 29.8 Å². The van der Waals surface area contributed by atoms with Crippen molar-refractivity contribution < 1.29 is 27.3 Å². The topological polar surface area (TPSA) is 81.6 Å². The molecule has 2 aromatic carbocycles. The van der Waals surface area contributed by atoms with Crippen molar-refractivity contribution in [3.05, 3.63) is 89.7 Å². The molecule has 0 spiro atoms. The van der Waals surface area contributed by atoms with Crippen LogP contribution in [0.3, 0.4) is 0 Å². The Morgan fingerprint density at radius 1 is 1.09 bits per heavy atom. The fraction of sp³-hybridized carbons (Fsp3) is 0.240. The maximum absolute atomic E-state index is 13.5. The van der Waals surface area contributed by atoms with Gasteiger partial charge in [0, 0.05) is 18.7 Å². The number of benzene rings is 2. The number of hydrogen-bond acceptors (Lipinski definition) is 6. The van der Waals surface area contributed by atoms with Crippen LogP contribution in [-0.2, 0) is 6.61 Å². The van der Waals surface area contributed by atoms with E-state index >= 15 is 0 Å². The maximum atomic E-state index is 13.5. The summed E-state index contributed by atoms with van der Waals surface area (Å²) < 4.78 is 43.2. The first-order valence-electron chi connectivity index (χ1n) is 10.9. The number of piperidine rings is 1.